The minimum Gasteiger partial charge on any atom is -0.469 e. The van der Waals surface area contributed by atoms with Gasteiger partial charge in [0.1, 0.15) is 8.07 Å². The Balaban J connectivity index is 3.58. The summed E-state index contributed by atoms with van der Waals surface area (Å²) in [4.78, 5) is 10.9. The molecule has 0 bridgehead atoms. The van der Waals surface area contributed by atoms with Gasteiger partial charge in [0.05, 0.1) is 7.11 Å². The van der Waals surface area contributed by atoms with Gasteiger partial charge in [-0.2, -0.15) is 0 Å². The fourth-order valence-corrected chi connectivity index (χ4v) is 2.22. The summed E-state index contributed by atoms with van der Waals surface area (Å²) in [6.07, 6.45) is 17.9. The maximum Gasteiger partial charge on any atom is 0.305 e. The molecule has 0 saturated heterocycles. The summed E-state index contributed by atoms with van der Waals surface area (Å²) in [7, 11) is 0.219. The molecule has 22 heavy (non-hydrogen) atoms. The molecule has 0 aromatic heterocycles. The second kappa shape index (κ2) is 13.2. The predicted octanol–water partition coefficient (Wildman–Crippen LogP) is 5.05. The summed E-state index contributed by atoms with van der Waals surface area (Å²) >= 11 is 0. The Kier molecular flexibility index (Phi) is 12.2. The first kappa shape index (κ1) is 20.5. The first-order valence-corrected chi connectivity index (χ1v) is 11.5. The van der Waals surface area contributed by atoms with Crippen molar-refractivity contribution < 1.29 is 9.53 Å². The van der Waals surface area contributed by atoms with E-state index in [9.17, 15) is 4.79 Å². The van der Waals surface area contributed by atoms with E-state index in [2.05, 4.69) is 72.3 Å². The molecule has 0 amide bonds. The number of hydrogen-bond acceptors (Lipinski definition) is 2. The molecule has 0 unspecified atom stereocenters. The van der Waals surface area contributed by atoms with Crippen molar-refractivity contribution in [2.45, 2.75) is 58.2 Å². The third-order valence-electron chi connectivity index (χ3n) is 2.71. The molecule has 0 N–H and O–H groups in total. The average Bonchev–Trinajstić information content (AvgIpc) is 2.46. The molecule has 0 aliphatic carbocycles. The molecule has 0 radical (unpaired) electrons. The first-order valence-electron chi connectivity index (χ1n) is 7.97. The summed E-state index contributed by atoms with van der Waals surface area (Å²) in [6.45, 7) is 6.78. The summed E-state index contributed by atoms with van der Waals surface area (Å²) in [5.74, 6) is 3.09. The number of ether oxygens (including phenoxy) is 1. The zero-order valence-corrected chi connectivity index (χ0v) is 15.5. The molecule has 0 aliphatic rings. The lowest BCUT2D eigenvalue weighted by molar-refractivity contribution is -0.140. The van der Waals surface area contributed by atoms with E-state index in [1.807, 2.05) is 0 Å². The maximum absolute atomic E-state index is 10.9. The van der Waals surface area contributed by atoms with E-state index in [4.69, 9.17) is 0 Å². The van der Waals surface area contributed by atoms with Gasteiger partial charge in [-0.1, -0.05) is 56.1 Å². The monoisotopic (exact) mass is 318 g/mol. The van der Waals surface area contributed by atoms with Crippen LogP contribution in [0.2, 0.25) is 19.6 Å². The topological polar surface area (TPSA) is 26.3 Å². The van der Waals surface area contributed by atoms with Crippen molar-refractivity contribution in [1.29, 1.82) is 0 Å². The molecular weight excluding hydrogens is 288 g/mol. The second-order valence-electron chi connectivity index (χ2n) is 6.11. The highest BCUT2D eigenvalue weighted by molar-refractivity contribution is 6.83. The van der Waals surface area contributed by atoms with Crippen LogP contribution in [0.5, 0.6) is 0 Å². The van der Waals surface area contributed by atoms with Gasteiger partial charge in [-0.25, -0.2) is 0 Å². The van der Waals surface area contributed by atoms with Crippen LogP contribution in [0.3, 0.4) is 0 Å². The number of hydrogen-bond donors (Lipinski definition) is 0. The minimum absolute atomic E-state index is 0.130. The largest absolute Gasteiger partial charge is 0.469 e. The van der Waals surface area contributed by atoms with Gasteiger partial charge in [-0.3, -0.25) is 4.79 Å². The van der Waals surface area contributed by atoms with Crippen molar-refractivity contribution in [3.63, 3.8) is 0 Å². The van der Waals surface area contributed by atoms with Crippen LogP contribution in [-0.2, 0) is 9.53 Å². The Hall–Kier alpha value is -1.53. The van der Waals surface area contributed by atoms with Crippen LogP contribution in [0.1, 0.15) is 38.5 Å². The molecule has 0 saturated carbocycles. The number of carbonyl (C=O) groups is 1. The molecule has 0 aromatic carbocycles. The molecule has 0 aromatic rings. The van der Waals surface area contributed by atoms with E-state index in [0.29, 0.717) is 6.42 Å². The van der Waals surface area contributed by atoms with E-state index in [1.54, 1.807) is 0 Å². The quantitative estimate of drug-likeness (QED) is 0.195. The van der Waals surface area contributed by atoms with Crippen LogP contribution in [0, 0.1) is 11.5 Å². The molecule has 0 fully saturated rings. The van der Waals surface area contributed by atoms with Gasteiger partial charge in [0.15, 0.2) is 0 Å². The van der Waals surface area contributed by atoms with Gasteiger partial charge < -0.3 is 4.74 Å². The molecule has 0 spiro atoms. The summed E-state index contributed by atoms with van der Waals surface area (Å²) in [5.41, 5.74) is 3.35. The summed E-state index contributed by atoms with van der Waals surface area (Å²) in [5, 5.41) is 0. The van der Waals surface area contributed by atoms with E-state index >= 15 is 0 Å². The highest BCUT2D eigenvalue weighted by Crippen LogP contribution is 2.00. The lowest BCUT2D eigenvalue weighted by Crippen LogP contribution is -2.16. The van der Waals surface area contributed by atoms with E-state index in [0.717, 1.165) is 32.1 Å². The van der Waals surface area contributed by atoms with Gasteiger partial charge in [-0.05, 0) is 25.7 Å². The summed E-state index contributed by atoms with van der Waals surface area (Å²) < 4.78 is 4.59. The van der Waals surface area contributed by atoms with Crippen LogP contribution in [0.25, 0.3) is 0 Å². The smallest absolute Gasteiger partial charge is 0.305 e. The van der Waals surface area contributed by atoms with Crippen molar-refractivity contribution in [2.75, 3.05) is 7.11 Å². The first-order chi connectivity index (χ1) is 10.5. The van der Waals surface area contributed by atoms with Crippen molar-refractivity contribution in [3.05, 3.63) is 36.5 Å². The number of carbonyl (C=O) groups excluding carboxylic acids is 1. The Labute approximate surface area is 137 Å². The molecular formula is C19H30O2Si. The zero-order valence-electron chi connectivity index (χ0n) is 14.5. The van der Waals surface area contributed by atoms with Crippen LogP contribution >= 0.6 is 0 Å². The lowest BCUT2D eigenvalue weighted by atomic mass is 10.2. The molecule has 0 rings (SSSR count). The minimum atomic E-state index is -1.21. The lowest BCUT2D eigenvalue weighted by Gasteiger charge is -2.02. The van der Waals surface area contributed by atoms with E-state index in [1.165, 1.54) is 7.11 Å². The van der Waals surface area contributed by atoms with Crippen LogP contribution in [0.15, 0.2) is 36.5 Å². The number of methoxy groups -OCH3 is 1. The van der Waals surface area contributed by atoms with Crippen LogP contribution in [-0.4, -0.2) is 21.2 Å². The van der Waals surface area contributed by atoms with E-state index < -0.39 is 8.07 Å². The SMILES string of the molecule is COC(=O)CCC/C=C\C/C=C\C/C=C\CC#C[Si](C)(C)C. The number of allylic oxidation sites excluding steroid dienone is 6. The predicted molar refractivity (Wildman–Crippen MR) is 98.3 cm³/mol. The van der Waals surface area contributed by atoms with E-state index in [-0.39, 0.29) is 5.97 Å². The molecule has 122 valence electrons. The van der Waals surface area contributed by atoms with Crippen LogP contribution < -0.4 is 0 Å². The molecule has 0 aliphatic heterocycles. The third kappa shape index (κ3) is 16.5. The number of unbranched alkanes of at least 4 members (excludes halogenated alkanes) is 1. The normalized spacial score (nSPS) is 12.0. The molecule has 0 atom stereocenters. The molecule has 3 heteroatoms. The second-order valence-corrected chi connectivity index (χ2v) is 10.9. The van der Waals surface area contributed by atoms with Gasteiger partial charge in [-0.15, -0.1) is 11.5 Å². The van der Waals surface area contributed by atoms with Gasteiger partial charge in [0.2, 0.25) is 0 Å². The fraction of sp³-hybridized carbons (Fsp3) is 0.526. The summed E-state index contributed by atoms with van der Waals surface area (Å²) in [6, 6.07) is 0. The fourth-order valence-electron chi connectivity index (χ4n) is 1.58. The maximum atomic E-state index is 10.9. The highest BCUT2D eigenvalue weighted by Gasteiger charge is 2.06. The van der Waals surface area contributed by atoms with Crippen LogP contribution in [0.4, 0.5) is 0 Å². The molecule has 0 heterocycles. The average molecular weight is 319 g/mol. The van der Waals surface area contributed by atoms with Gasteiger partial charge in [0.25, 0.3) is 0 Å². The van der Waals surface area contributed by atoms with Crippen molar-refractivity contribution in [1.82, 2.24) is 0 Å². The van der Waals surface area contributed by atoms with Crippen molar-refractivity contribution in [3.8, 4) is 11.5 Å². The number of esters is 1. The zero-order chi connectivity index (χ0) is 16.7. The highest BCUT2D eigenvalue weighted by atomic mass is 28.3. The Morgan fingerprint density at radius 1 is 1.00 bits per heavy atom. The Morgan fingerprint density at radius 2 is 1.59 bits per heavy atom. The van der Waals surface area contributed by atoms with Gasteiger partial charge >= 0.3 is 5.97 Å². The third-order valence-corrected chi connectivity index (χ3v) is 3.63. The Morgan fingerprint density at radius 3 is 2.18 bits per heavy atom. The van der Waals surface area contributed by atoms with Crippen molar-refractivity contribution in [2.24, 2.45) is 0 Å². The number of rotatable bonds is 9. The van der Waals surface area contributed by atoms with Crippen molar-refractivity contribution >= 4 is 14.0 Å². The van der Waals surface area contributed by atoms with Gasteiger partial charge in [0, 0.05) is 12.8 Å². The standard InChI is InChI=1S/C19H30O2Si/c1-21-19(20)17-15-13-11-9-7-5-6-8-10-12-14-16-18-22(2,3)4/h5-6,9-12H,7-8,13-15,17H2,1-4H3/b6-5-,11-9-,12-10-. The Bertz CT molecular complexity index is 442. The molecule has 2 nitrogen and oxygen atoms in total.